The predicted molar refractivity (Wildman–Crippen MR) is 123 cm³/mol. The number of rotatable bonds is 10. The molecule has 0 bridgehead atoms. The average Bonchev–Trinajstić information content (AvgIpc) is 2.66. The van der Waals surface area contributed by atoms with E-state index >= 15 is 0 Å². The smallest absolute Gasteiger partial charge is 0.224 e. The monoisotopic (exact) mass is 490 g/mol. The van der Waals surface area contributed by atoms with Crippen molar-refractivity contribution in [1.82, 2.24) is 15.5 Å². The van der Waals surface area contributed by atoms with Crippen molar-refractivity contribution in [2.24, 2.45) is 4.99 Å². The minimum absolute atomic E-state index is 0. The molecule has 1 atom stereocenters. The Hall–Kier alpha value is -1.51. The number of hydrogen-bond acceptors (Lipinski definition) is 3. The van der Waals surface area contributed by atoms with E-state index in [9.17, 15) is 4.79 Å². The number of halogens is 1. The minimum Gasteiger partial charge on any atom is -0.496 e. The Bertz CT molecular complexity index is 577. The summed E-state index contributed by atoms with van der Waals surface area (Å²) in [6.45, 7) is 11.7. The van der Waals surface area contributed by atoms with E-state index in [0.29, 0.717) is 19.5 Å². The van der Waals surface area contributed by atoms with E-state index in [1.54, 1.807) is 7.11 Å². The first-order valence-electron chi connectivity index (χ1n) is 9.50. The molecule has 6 nitrogen and oxygen atoms in total. The van der Waals surface area contributed by atoms with Crippen LogP contribution in [0.15, 0.2) is 29.3 Å². The zero-order chi connectivity index (χ0) is 19.4. The number of amides is 1. The molecule has 0 radical (unpaired) electrons. The topological polar surface area (TPSA) is 66.0 Å². The van der Waals surface area contributed by atoms with E-state index in [1.165, 1.54) is 0 Å². The molecule has 1 amide bonds. The third-order valence-electron chi connectivity index (χ3n) is 4.28. The molecule has 0 aliphatic rings. The summed E-state index contributed by atoms with van der Waals surface area (Å²) in [6.07, 6.45) is 0.466. The van der Waals surface area contributed by atoms with Crippen LogP contribution in [0, 0.1) is 0 Å². The molecule has 27 heavy (non-hydrogen) atoms. The van der Waals surface area contributed by atoms with E-state index in [2.05, 4.69) is 28.6 Å². The molecule has 2 N–H and O–H groups in total. The van der Waals surface area contributed by atoms with Crippen LogP contribution in [0.25, 0.3) is 0 Å². The van der Waals surface area contributed by atoms with Gasteiger partial charge in [-0.15, -0.1) is 24.0 Å². The number of para-hydroxylation sites is 1. The largest absolute Gasteiger partial charge is 0.496 e. The van der Waals surface area contributed by atoms with Gasteiger partial charge >= 0.3 is 0 Å². The fourth-order valence-electron chi connectivity index (χ4n) is 2.76. The lowest BCUT2D eigenvalue weighted by Crippen LogP contribution is -2.40. The third-order valence-corrected chi connectivity index (χ3v) is 4.28. The molecule has 1 aromatic carbocycles. The van der Waals surface area contributed by atoms with Crippen molar-refractivity contribution in [2.45, 2.75) is 40.0 Å². The Balaban J connectivity index is 0.00000676. The van der Waals surface area contributed by atoms with Gasteiger partial charge in [-0.25, -0.2) is 0 Å². The van der Waals surface area contributed by atoms with E-state index in [4.69, 9.17) is 4.74 Å². The lowest BCUT2D eigenvalue weighted by Gasteiger charge is -2.19. The Morgan fingerprint density at radius 2 is 1.85 bits per heavy atom. The second kappa shape index (κ2) is 14.5. The predicted octanol–water partition coefficient (Wildman–Crippen LogP) is 3.23. The number of hydrogen-bond donors (Lipinski definition) is 2. The first-order chi connectivity index (χ1) is 12.6. The number of nitrogens with one attached hydrogen (secondary N) is 2. The van der Waals surface area contributed by atoms with Crippen molar-refractivity contribution in [1.29, 1.82) is 0 Å². The van der Waals surface area contributed by atoms with E-state index in [0.717, 1.165) is 36.9 Å². The molecular formula is C20H35IN4O2. The molecule has 7 heteroatoms. The van der Waals surface area contributed by atoms with Crippen molar-refractivity contribution < 1.29 is 9.53 Å². The fourth-order valence-corrected chi connectivity index (χ4v) is 2.76. The SMILES string of the molecule is CCNC(=NCC(C)c1ccccc1OC)NCCC(=O)N(CC)CC.I. The third kappa shape index (κ3) is 8.81. The molecule has 154 valence electrons. The van der Waals surface area contributed by atoms with Gasteiger partial charge in [-0.2, -0.15) is 0 Å². The second-order valence-electron chi connectivity index (χ2n) is 6.11. The Labute approximate surface area is 181 Å². The van der Waals surface area contributed by atoms with Gasteiger partial charge in [0.25, 0.3) is 0 Å². The van der Waals surface area contributed by atoms with E-state index < -0.39 is 0 Å². The van der Waals surface area contributed by atoms with Gasteiger partial charge in [0.15, 0.2) is 5.96 Å². The van der Waals surface area contributed by atoms with Gasteiger partial charge in [0.1, 0.15) is 5.75 Å². The van der Waals surface area contributed by atoms with Crippen molar-refractivity contribution in [2.75, 3.05) is 39.8 Å². The number of carbonyl (C=O) groups excluding carboxylic acids is 1. The van der Waals surface area contributed by atoms with Crippen molar-refractivity contribution in [3.8, 4) is 5.75 Å². The fraction of sp³-hybridized carbons (Fsp3) is 0.600. The maximum absolute atomic E-state index is 12.1. The first kappa shape index (κ1) is 25.5. The van der Waals surface area contributed by atoms with Crippen LogP contribution in [-0.2, 0) is 4.79 Å². The Kier molecular flexibility index (Phi) is 13.7. The van der Waals surface area contributed by atoms with Crippen LogP contribution in [0.5, 0.6) is 5.75 Å². The van der Waals surface area contributed by atoms with Gasteiger partial charge in [0.05, 0.1) is 7.11 Å². The van der Waals surface area contributed by atoms with Crippen LogP contribution in [0.1, 0.15) is 45.6 Å². The first-order valence-corrected chi connectivity index (χ1v) is 9.50. The molecule has 1 unspecified atom stereocenters. The summed E-state index contributed by atoms with van der Waals surface area (Å²) < 4.78 is 5.43. The highest BCUT2D eigenvalue weighted by atomic mass is 127. The molecule has 0 fully saturated rings. The van der Waals surface area contributed by atoms with E-state index in [-0.39, 0.29) is 35.8 Å². The van der Waals surface area contributed by atoms with Crippen molar-refractivity contribution in [3.63, 3.8) is 0 Å². The lowest BCUT2D eigenvalue weighted by molar-refractivity contribution is -0.130. The Morgan fingerprint density at radius 1 is 1.19 bits per heavy atom. The van der Waals surface area contributed by atoms with Crippen molar-refractivity contribution in [3.05, 3.63) is 29.8 Å². The van der Waals surface area contributed by atoms with Crippen LogP contribution in [-0.4, -0.2) is 56.6 Å². The number of methoxy groups -OCH3 is 1. The van der Waals surface area contributed by atoms with Crippen LogP contribution in [0.3, 0.4) is 0 Å². The number of benzene rings is 1. The van der Waals surface area contributed by atoms with Gasteiger partial charge in [-0.3, -0.25) is 9.79 Å². The van der Waals surface area contributed by atoms with Gasteiger partial charge in [0.2, 0.25) is 5.91 Å². The van der Waals surface area contributed by atoms with Crippen molar-refractivity contribution >= 4 is 35.8 Å². The van der Waals surface area contributed by atoms with Crippen LogP contribution >= 0.6 is 24.0 Å². The summed E-state index contributed by atoms with van der Waals surface area (Å²) in [5.41, 5.74) is 1.14. The molecule has 0 aromatic heterocycles. The maximum atomic E-state index is 12.1. The Morgan fingerprint density at radius 3 is 2.44 bits per heavy atom. The van der Waals surface area contributed by atoms with Crippen LogP contribution in [0.2, 0.25) is 0 Å². The molecule has 1 aromatic rings. The molecule has 0 saturated carbocycles. The summed E-state index contributed by atoms with van der Waals surface area (Å²) in [7, 11) is 1.69. The number of nitrogens with zero attached hydrogens (tertiary/aromatic N) is 2. The van der Waals surface area contributed by atoms with Gasteiger partial charge in [-0.05, 0) is 32.4 Å². The minimum atomic E-state index is 0. The highest BCUT2D eigenvalue weighted by Crippen LogP contribution is 2.26. The maximum Gasteiger partial charge on any atom is 0.224 e. The summed E-state index contributed by atoms with van der Waals surface area (Å²) in [6, 6.07) is 8.02. The highest BCUT2D eigenvalue weighted by Gasteiger charge is 2.12. The zero-order valence-corrected chi connectivity index (χ0v) is 19.6. The lowest BCUT2D eigenvalue weighted by atomic mass is 10.0. The normalized spacial score (nSPS) is 12.0. The molecule has 0 heterocycles. The highest BCUT2D eigenvalue weighted by molar-refractivity contribution is 14.0. The summed E-state index contributed by atoms with van der Waals surface area (Å²) in [5.74, 6) is 2.03. The zero-order valence-electron chi connectivity index (χ0n) is 17.2. The number of ether oxygens (including phenoxy) is 1. The molecule has 1 rings (SSSR count). The van der Waals surface area contributed by atoms with Crippen LogP contribution in [0.4, 0.5) is 0 Å². The van der Waals surface area contributed by atoms with E-state index in [1.807, 2.05) is 43.9 Å². The summed E-state index contributed by atoms with van der Waals surface area (Å²) in [4.78, 5) is 18.6. The molecule has 0 aliphatic carbocycles. The molecule has 0 aliphatic heterocycles. The standard InChI is InChI=1S/C20H34N4O2.HI/c1-6-21-20(22-14-13-19(25)24(7-2)8-3)23-15-16(4)17-11-9-10-12-18(17)26-5;/h9-12,16H,6-8,13-15H2,1-5H3,(H2,21,22,23);1H. The van der Waals surface area contributed by atoms with Gasteiger partial charge < -0.3 is 20.3 Å². The number of guanidine groups is 1. The van der Waals surface area contributed by atoms with Gasteiger partial charge in [0, 0.05) is 45.1 Å². The summed E-state index contributed by atoms with van der Waals surface area (Å²) in [5, 5.41) is 6.48. The average molecular weight is 490 g/mol. The number of aliphatic imine (C=N–C) groups is 1. The summed E-state index contributed by atoms with van der Waals surface area (Å²) >= 11 is 0. The number of carbonyl (C=O) groups is 1. The van der Waals surface area contributed by atoms with Crippen LogP contribution < -0.4 is 15.4 Å². The second-order valence-corrected chi connectivity index (χ2v) is 6.11. The van der Waals surface area contributed by atoms with Gasteiger partial charge in [-0.1, -0.05) is 25.1 Å². The molecular weight excluding hydrogens is 455 g/mol. The quantitative estimate of drug-likeness (QED) is 0.300. The molecule has 0 spiro atoms. The molecule has 0 saturated heterocycles.